The molecule has 3 rings (SSSR count). The summed E-state index contributed by atoms with van der Waals surface area (Å²) >= 11 is 0. The first-order valence-corrected chi connectivity index (χ1v) is 8.51. The summed E-state index contributed by atoms with van der Waals surface area (Å²) in [6, 6.07) is 19.7. The van der Waals surface area contributed by atoms with E-state index in [0.29, 0.717) is 18.8 Å². The first-order valence-electron chi connectivity index (χ1n) is 8.51. The molecule has 0 saturated carbocycles. The zero-order valence-corrected chi connectivity index (χ0v) is 14.4. The summed E-state index contributed by atoms with van der Waals surface area (Å²) in [5, 5.41) is 0. The van der Waals surface area contributed by atoms with Gasteiger partial charge in [-0.3, -0.25) is 4.98 Å². The van der Waals surface area contributed by atoms with Gasteiger partial charge < -0.3 is 9.30 Å². The minimum absolute atomic E-state index is 0.280. The molecule has 0 unspecified atom stereocenters. The number of ether oxygens (including phenoxy) is 1. The van der Waals surface area contributed by atoms with Gasteiger partial charge in [-0.1, -0.05) is 36.4 Å². The molecule has 0 aliphatic heterocycles. The van der Waals surface area contributed by atoms with Crippen molar-refractivity contribution in [2.24, 2.45) is 0 Å². The van der Waals surface area contributed by atoms with Crippen molar-refractivity contribution in [1.82, 2.24) is 9.55 Å². The van der Waals surface area contributed by atoms with E-state index in [9.17, 15) is 4.79 Å². The summed E-state index contributed by atoms with van der Waals surface area (Å²) in [5.41, 5.74) is 3.77. The molecule has 0 fully saturated rings. The van der Waals surface area contributed by atoms with Gasteiger partial charge in [-0.15, -0.1) is 0 Å². The maximum absolute atomic E-state index is 12.3. The van der Waals surface area contributed by atoms with Crippen molar-refractivity contribution in [3.8, 4) is 0 Å². The maximum atomic E-state index is 12.3. The molecule has 2 heterocycles. The van der Waals surface area contributed by atoms with Crippen molar-refractivity contribution in [1.29, 1.82) is 0 Å². The van der Waals surface area contributed by atoms with Crippen molar-refractivity contribution >= 4 is 5.97 Å². The lowest BCUT2D eigenvalue weighted by atomic mass is 10.2. The van der Waals surface area contributed by atoms with Crippen LogP contribution in [0.1, 0.15) is 33.9 Å². The number of rotatable bonds is 7. The van der Waals surface area contributed by atoms with Crippen LogP contribution in [0.4, 0.5) is 0 Å². The van der Waals surface area contributed by atoms with E-state index in [1.54, 1.807) is 6.07 Å². The third-order valence-electron chi connectivity index (χ3n) is 3.99. The van der Waals surface area contributed by atoms with E-state index in [1.807, 2.05) is 72.3 Å². The van der Waals surface area contributed by atoms with Crippen LogP contribution in [0, 0.1) is 6.92 Å². The second kappa shape index (κ2) is 8.29. The Balaban J connectivity index is 1.51. The van der Waals surface area contributed by atoms with Gasteiger partial charge in [-0.05, 0) is 49.6 Å². The Morgan fingerprint density at radius 1 is 1.04 bits per heavy atom. The smallest absolute Gasteiger partial charge is 0.354 e. The molecule has 2 aromatic heterocycles. The van der Waals surface area contributed by atoms with Crippen LogP contribution in [0.5, 0.6) is 0 Å². The molecular weight excluding hydrogens is 312 g/mol. The van der Waals surface area contributed by atoms with Gasteiger partial charge in [0.15, 0.2) is 0 Å². The highest BCUT2D eigenvalue weighted by molar-refractivity contribution is 5.87. The number of pyridine rings is 1. The molecule has 0 saturated heterocycles. The van der Waals surface area contributed by atoms with Gasteiger partial charge >= 0.3 is 5.97 Å². The zero-order valence-electron chi connectivity index (χ0n) is 14.4. The summed E-state index contributed by atoms with van der Waals surface area (Å²) in [6.07, 6.45) is 3.47. The van der Waals surface area contributed by atoms with E-state index >= 15 is 0 Å². The Bertz CT molecular complexity index is 825. The van der Waals surface area contributed by atoms with Crippen LogP contribution in [0.15, 0.2) is 66.9 Å². The summed E-state index contributed by atoms with van der Waals surface area (Å²) in [7, 11) is 0. The monoisotopic (exact) mass is 334 g/mol. The predicted octanol–water partition coefficient (Wildman–Crippen LogP) is 4.03. The number of carbonyl (C=O) groups is 1. The molecule has 0 atom stereocenters. The molecule has 1 aromatic carbocycles. The fourth-order valence-corrected chi connectivity index (χ4v) is 2.75. The summed E-state index contributed by atoms with van der Waals surface area (Å²) in [5.74, 6) is -0.280. The molecule has 0 amide bonds. The number of aromatic nitrogens is 2. The van der Waals surface area contributed by atoms with Gasteiger partial charge in [0.25, 0.3) is 0 Å². The molecule has 0 bridgehead atoms. The zero-order chi connectivity index (χ0) is 17.5. The standard InChI is InChI=1S/C21H22N2O2/c1-17-8-5-11-19(22-17)12-7-15-25-21(24)20-13-6-14-23(20)16-18-9-3-2-4-10-18/h2-6,8-11,13-14H,7,12,15-16H2,1H3. The Kier molecular flexibility index (Phi) is 5.62. The Hall–Kier alpha value is -2.88. The fourth-order valence-electron chi connectivity index (χ4n) is 2.75. The van der Waals surface area contributed by atoms with Gasteiger partial charge in [-0.25, -0.2) is 4.79 Å². The van der Waals surface area contributed by atoms with E-state index in [1.165, 1.54) is 0 Å². The van der Waals surface area contributed by atoms with Crippen molar-refractivity contribution < 1.29 is 9.53 Å². The third-order valence-corrected chi connectivity index (χ3v) is 3.99. The van der Waals surface area contributed by atoms with Crippen LogP contribution in [-0.2, 0) is 17.7 Å². The number of benzene rings is 1. The SMILES string of the molecule is Cc1cccc(CCCOC(=O)c2cccn2Cc2ccccc2)n1. The summed E-state index contributed by atoms with van der Waals surface area (Å²) < 4.78 is 7.35. The van der Waals surface area contributed by atoms with Gasteiger partial charge in [0.05, 0.1) is 6.61 Å². The molecule has 0 spiro atoms. The average molecular weight is 334 g/mol. The largest absolute Gasteiger partial charge is 0.461 e. The Labute approximate surface area is 148 Å². The Morgan fingerprint density at radius 2 is 1.88 bits per heavy atom. The topological polar surface area (TPSA) is 44.1 Å². The molecule has 25 heavy (non-hydrogen) atoms. The van der Waals surface area contributed by atoms with Crippen LogP contribution >= 0.6 is 0 Å². The van der Waals surface area contributed by atoms with E-state index in [0.717, 1.165) is 29.8 Å². The lowest BCUT2D eigenvalue weighted by Crippen LogP contribution is -2.13. The normalized spacial score (nSPS) is 10.6. The summed E-state index contributed by atoms with van der Waals surface area (Å²) in [4.78, 5) is 16.8. The minimum Gasteiger partial charge on any atom is -0.461 e. The number of aryl methyl sites for hydroxylation is 2. The van der Waals surface area contributed by atoms with Crippen LogP contribution in [-0.4, -0.2) is 22.1 Å². The van der Waals surface area contributed by atoms with E-state index in [-0.39, 0.29) is 5.97 Å². The van der Waals surface area contributed by atoms with E-state index in [2.05, 4.69) is 4.98 Å². The molecule has 0 aliphatic rings. The van der Waals surface area contributed by atoms with Crippen molar-refractivity contribution in [3.63, 3.8) is 0 Å². The van der Waals surface area contributed by atoms with Gasteiger partial charge in [-0.2, -0.15) is 0 Å². The van der Waals surface area contributed by atoms with Crippen molar-refractivity contribution in [2.75, 3.05) is 6.61 Å². The maximum Gasteiger partial charge on any atom is 0.354 e. The third kappa shape index (κ3) is 4.80. The fraction of sp³-hybridized carbons (Fsp3) is 0.238. The second-order valence-electron chi connectivity index (χ2n) is 6.02. The lowest BCUT2D eigenvalue weighted by Gasteiger charge is -2.09. The lowest BCUT2D eigenvalue weighted by molar-refractivity contribution is 0.0488. The second-order valence-corrected chi connectivity index (χ2v) is 6.02. The van der Waals surface area contributed by atoms with Gasteiger partial charge in [0.1, 0.15) is 5.69 Å². The number of hydrogen-bond acceptors (Lipinski definition) is 3. The highest BCUT2D eigenvalue weighted by atomic mass is 16.5. The summed E-state index contributed by atoms with van der Waals surface area (Å²) in [6.45, 7) is 3.03. The molecule has 4 heteroatoms. The number of hydrogen-bond donors (Lipinski definition) is 0. The number of esters is 1. The van der Waals surface area contributed by atoms with Gasteiger partial charge in [0, 0.05) is 24.1 Å². The van der Waals surface area contributed by atoms with Crippen molar-refractivity contribution in [2.45, 2.75) is 26.3 Å². The van der Waals surface area contributed by atoms with Gasteiger partial charge in [0.2, 0.25) is 0 Å². The average Bonchev–Trinajstić information content (AvgIpc) is 3.08. The quantitative estimate of drug-likeness (QED) is 0.484. The number of nitrogens with zero attached hydrogens (tertiary/aromatic N) is 2. The van der Waals surface area contributed by atoms with Crippen LogP contribution in [0.2, 0.25) is 0 Å². The predicted molar refractivity (Wildman–Crippen MR) is 97.6 cm³/mol. The molecule has 0 radical (unpaired) electrons. The highest BCUT2D eigenvalue weighted by Crippen LogP contribution is 2.10. The first kappa shape index (κ1) is 17.0. The first-order chi connectivity index (χ1) is 12.2. The minimum atomic E-state index is -0.280. The highest BCUT2D eigenvalue weighted by Gasteiger charge is 2.12. The molecule has 4 nitrogen and oxygen atoms in total. The van der Waals surface area contributed by atoms with E-state index in [4.69, 9.17) is 4.74 Å². The molecule has 3 aromatic rings. The number of carbonyl (C=O) groups excluding carboxylic acids is 1. The van der Waals surface area contributed by atoms with Crippen LogP contribution < -0.4 is 0 Å². The van der Waals surface area contributed by atoms with Crippen molar-refractivity contribution in [3.05, 3.63) is 89.5 Å². The molecule has 128 valence electrons. The van der Waals surface area contributed by atoms with E-state index < -0.39 is 0 Å². The molecule has 0 N–H and O–H groups in total. The molecular formula is C21H22N2O2. The van der Waals surface area contributed by atoms with Crippen LogP contribution in [0.3, 0.4) is 0 Å². The van der Waals surface area contributed by atoms with Crippen LogP contribution in [0.25, 0.3) is 0 Å². The Morgan fingerprint density at radius 3 is 2.68 bits per heavy atom. The molecule has 0 aliphatic carbocycles.